The number of hydrogen-bond acceptors (Lipinski definition) is 3. The van der Waals surface area contributed by atoms with Crippen molar-refractivity contribution in [2.45, 2.75) is 13.0 Å². The third-order valence-electron chi connectivity index (χ3n) is 3.66. The molecule has 1 aromatic rings. The van der Waals surface area contributed by atoms with E-state index in [1.807, 2.05) is 24.3 Å². The Kier molecular flexibility index (Phi) is 4.27. The van der Waals surface area contributed by atoms with E-state index in [0.717, 1.165) is 11.3 Å². The third kappa shape index (κ3) is 2.92. The number of benzene rings is 1. The third-order valence-corrected chi connectivity index (χ3v) is 3.66. The second-order valence-electron chi connectivity index (χ2n) is 5.15. The Morgan fingerprint density at radius 2 is 2.25 bits per heavy atom. The number of methoxy groups -OCH3 is 1. The highest BCUT2D eigenvalue weighted by Crippen LogP contribution is 2.20. The molecule has 1 aliphatic rings. The van der Waals surface area contributed by atoms with Gasteiger partial charge in [-0.05, 0) is 24.1 Å². The molecule has 20 heavy (non-hydrogen) atoms. The molecule has 0 spiro atoms. The standard InChI is InChI=1S/C15H20N2O3/c1-16-8-7-13(14(16)18)15(19)17(2)10-11-5-4-6-12(9-11)20-3/h4-6,9,13H,7-8,10H2,1-3H3/t13-/m1/s1. The van der Waals surface area contributed by atoms with Gasteiger partial charge in [0.15, 0.2) is 0 Å². The summed E-state index contributed by atoms with van der Waals surface area (Å²) in [6.45, 7) is 1.13. The van der Waals surface area contributed by atoms with Crippen LogP contribution in [0.4, 0.5) is 0 Å². The van der Waals surface area contributed by atoms with E-state index in [0.29, 0.717) is 19.5 Å². The van der Waals surface area contributed by atoms with Crippen molar-refractivity contribution in [1.29, 1.82) is 0 Å². The van der Waals surface area contributed by atoms with Crippen LogP contribution in [0.1, 0.15) is 12.0 Å². The van der Waals surface area contributed by atoms with Crippen molar-refractivity contribution in [3.8, 4) is 5.75 Å². The smallest absolute Gasteiger partial charge is 0.235 e. The van der Waals surface area contributed by atoms with E-state index in [-0.39, 0.29) is 11.8 Å². The van der Waals surface area contributed by atoms with Gasteiger partial charge in [-0.1, -0.05) is 12.1 Å². The molecule has 108 valence electrons. The molecule has 1 fully saturated rings. The average molecular weight is 276 g/mol. The highest BCUT2D eigenvalue weighted by Gasteiger charge is 2.36. The van der Waals surface area contributed by atoms with E-state index in [9.17, 15) is 9.59 Å². The maximum absolute atomic E-state index is 12.3. The summed E-state index contributed by atoms with van der Waals surface area (Å²) in [4.78, 5) is 27.4. The Morgan fingerprint density at radius 1 is 1.50 bits per heavy atom. The second kappa shape index (κ2) is 5.94. The van der Waals surface area contributed by atoms with Crippen LogP contribution >= 0.6 is 0 Å². The summed E-state index contributed by atoms with van der Waals surface area (Å²) >= 11 is 0. The summed E-state index contributed by atoms with van der Waals surface area (Å²) < 4.78 is 5.16. The van der Waals surface area contributed by atoms with Crippen molar-refractivity contribution < 1.29 is 14.3 Å². The highest BCUT2D eigenvalue weighted by molar-refractivity contribution is 6.01. The number of carbonyl (C=O) groups excluding carboxylic acids is 2. The van der Waals surface area contributed by atoms with E-state index in [2.05, 4.69) is 0 Å². The molecule has 0 N–H and O–H groups in total. The summed E-state index contributed by atoms with van der Waals surface area (Å²) in [7, 11) is 5.08. The van der Waals surface area contributed by atoms with Crippen LogP contribution in [0.2, 0.25) is 0 Å². The van der Waals surface area contributed by atoms with Gasteiger partial charge >= 0.3 is 0 Å². The fourth-order valence-corrected chi connectivity index (χ4v) is 2.44. The fraction of sp³-hybridized carbons (Fsp3) is 0.467. The first-order valence-electron chi connectivity index (χ1n) is 6.66. The minimum Gasteiger partial charge on any atom is -0.497 e. The minimum absolute atomic E-state index is 0.0764. The lowest BCUT2D eigenvalue weighted by atomic mass is 10.1. The first-order chi connectivity index (χ1) is 9.52. The topological polar surface area (TPSA) is 49.9 Å². The number of rotatable bonds is 4. The maximum Gasteiger partial charge on any atom is 0.235 e. The van der Waals surface area contributed by atoms with Gasteiger partial charge in [0.2, 0.25) is 11.8 Å². The van der Waals surface area contributed by atoms with Crippen LogP contribution in [-0.2, 0) is 16.1 Å². The van der Waals surface area contributed by atoms with Crippen LogP contribution in [0.25, 0.3) is 0 Å². The number of hydrogen-bond donors (Lipinski definition) is 0. The number of amides is 2. The molecule has 2 amide bonds. The fourth-order valence-electron chi connectivity index (χ4n) is 2.44. The zero-order valence-corrected chi connectivity index (χ0v) is 12.1. The first-order valence-corrected chi connectivity index (χ1v) is 6.66. The van der Waals surface area contributed by atoms with Crippen molar-refractivity contribution in [1.82, 2.24) is 9.80 Å². The molecule has 5 nitrogen and oxygen atoms in total. The lowest BCUT2D eigenvalue weighted by Gasteiger charge is -2.20. The summed E-state index contributed by atoms with van der Waals surface area (Å²) in [5.41, 5.74) is 0.985. The predicted octanol–water partition coefficient (Wildman–Crippen LogP) is 1.13. The number of nitrogens with zero attached hydrogens (tertiary/aromatic N) is 2. The van der Waals surface area contributed by atoms with E-state index < -0.39 is 5.92 Å². The van der Waals surface area contributed by atoms with Gasteiger partial charge in [0.05, 0.1) is 7.11 Å². The van der Waals surface area contributed by atoms with Crippen molar-refractivity contribution >= 4 is 11.8 Å². The highest BCUT2D eigenvalue weighted by atomic mass is 16.5. The van der Waals surface area contributed by atoms with Crippen LogP contribution in [-0.4, -0.2) is 49.4 Å². The van der Waals surface area contributed by atoms with E-state index in [1.54, 1.807) is 31.0 Å². The molecule has 1 heterocycles. The second-order valence-corrected chi connectivity index (χ2v) is 5.15. The molecular formula is C15H20N2O3. The zero-order chi connectivity index (χ0) is 14.7. The van der Waals surface area contributed by atoms with Gasteiger partial charge in [0.25, 0.3) is 0 Å². The molecule has 2 rings (SSSR count). The van der Waals surface area contributed by atoms with Crippen molar-refractivity contribution in [2.75, 3.05) is 27.7 Å². The van der Waals surface area contributed by atoms with Crippen LogP contribution in [0.5, 0.6) is 5.75 Å². The monoisotopic (exact) mass is 276 g/mol. The average Bonchev–Trinajstić information content (AvgIpc) is 2.78. The molecule has 0 bridgehead atoms. The van der Waals surface area contributed by atoms with Gasteiger partial charge in [0.1, 0.15) is 11.7 Å². The molecule has 5 heteroatoms. The molecule has 0 unspecified atom stereocenters. The van der Waals surface area contributed by atoms with Crippen molar-refractivity contribution in [3.63, 3.8) is 0 Å². The Balaban J connectivity index is 2.02. The molecule has 1 atom stereocenters. The van der Waals surface area contributed by atoms with Crippen LogP contribution in [0.3, 0.4) is 0 Å². The summed E-state index contributed by atoms with van der Waals surface area (Å²) in [5.74, 6) is 0.0605. The molecule has 0 aliphatic carbocycles. The zero-order valence-electron chi connectivity index (χ0n) is 12.1. The number of likely N-dealkylation sites (tertiary alicyclic amines) is 1. The van der Waals surface area contributed by atoms with Crippen LogP contribution in [0.15, 0.2) is 24.3 Å². The largest absolute Gasteiger partial charge is 0.497 e. The van der Waals surface area contributed by atoms with Crippen molar-refractivity contribution in [3.05, 3.63) is 29.8 Å². The molecule has 1 aliphatic heterocycles. The molecule has 0 radical (unpaired) electrons. The van der Waals surface area contributed by atoms with Gasteiger partial charge < -0.3 is 14.5 Å². The number of carbonyl (C=O) groups is 2. The van der Waals surface area contributed by atoms with E-state index in [4.69, 9.17) is 4.74 Å². The SMILES string of the molecule is COc1cccc(CN(C)C(=O)[C@@H]2CCN(C)C2=O)c1. The van der Waals surface area contributed by atoms with E-state index in [1.165, 1.54) is 0 Å². The van der Waals surface area contributed by atoms with Gasteiger partial charge in [0, 0.05) is 27.2 Å². The quantitative estimate of drug-likeness (QED) is 0.775. The maximum atomic E-state index is 12.3. The Bertz CT molecular complexity index is 516. The van der Waals surface area contributed by atoms with Crippen LogP contribution < -0.4 is 4.74 Å². The number of ether oxygens (including phenoxy) is 1. The lowest BCUT2D eigenvalue weighted by Crippen LogP contribution is -2.36. The Morgan fingerprint density at radius 3 is 2.85 bits per heavy atom. The molecule has 1 aromatic carbocycles. The molecule has 0 saturated carbocycles. The summed E-state index contributed by atoms with van der Waals surface area (Å²) in [5, 5.41) is 0. The normalized spacial score (nSPS) is 18.2. The molecule has 0 aromatic heterocycles. The molecule has 1 saturated heterocycles. The Hall–Kier alpha value is -2.04. The molecular weight excluding hydrogens is 256 g/mol. The predicted molar refractivity (Wildman–Crippen MR) is 75.2 cm³/mol. The summed E-state index contributed by atoms with van der Waals surface area (Å²) in [6.07, 6.45) is 0.608. The first kappa shape index (κ1) is 14.4. The van der Waals surface area contributed by atoms with Gasteiger partial charge in [-0.15, -0.1) is 0 Å². The van der Waals surface area contributed by atoms with Gasteiger partial charge in [-0.25, -0.2) is 0 Å². The van der Waals surface area contributed by atoms with Gasteiger partial charge in [-0.2, -0.15) is 0 Å². The summed E-state index contributed by atoms with van der Waals surface area (Å²) in [6, 6.07) is 7.59. The Labute approximate surface area is 119 Å². The van der Waals surface area contributed by atoms with Crippen LogP contribution in [0, 0.1) is 5.92 Å². The minimum atomic E-state index is -0.518. The van der Waals surface area contributed by atoms with Gasteiger partial charge in [-0.3, -0.25) is 9.59 Å². The lowest BCUT2D eigenvalue weighted by molar-refractivity contribution is -0.142. The van der Waals surface area contributed by atoms with E-state index >= 15 is 0 Å². The van der Waals surface area contributed by atoms with Crippen molar-refractivity contribution in [2.24, 2.45) is 5.92 Å².